The van der Waals surface area contributed by atoms with Gasteiger partial charge in [0.05, 0.1) is 28.4 Å². The van der Waals surface area contributed by atoms with Crippen molar-refractivity contribution in [3.8, 4) is 5.75 Å². The minimum Gasteiger partial charge on any atom is -0.497 e. The normalized spacial score (nSPS) is 21.3. The summed E-state index contributed by atoms with van der Waals surface area (Å²) in [4.78, 5) is 29.5. The first-order valence-corrected chi connectivity index (χ1v) is 11.0. The van der Waals surface area contributed by atoms with Gasteiger partial charge >= 0.3 is 6.03 Å². The number of carbonyl (C=O) groups excluding carboxylic acids is 2. The summed E-state index contributed by atoms with van der Waals surface area (Å²) < 4.78 is 35.1. The molecule has 32 heavy (non-hydrogen) atoms. The van der Waals surface area contributed by atoms with Crippen LogP contribution in [0.15, 0.2) is 35.8 Å². The van der Waals surface area contributed by atoms with Crippen molar-refractivity contribution in [2.24, 2.45) is 0 Å². The van der Waals surface area contributed by atoms with E-state index in [1.54, 1.807) is 5.51 Å². The lowest BCUT2D eigenvalue weighted by Crippen LogP contribution is -2.50. The van der Waals surface area contributed by atoms with Crippen LogP contribution < -0.4 is 20.7 Å². The van der Waals surface area contributed by atoms with Crippen molar-refractivity contribution in [2.45, 2.75) is 30.3 Å². The monoisotopic (exact) mass is 458 g/mol. The smallest absolute Gasteiger partial charge is 0.316 e. The Kier molecular flexibility index (Phi) is 4.96. The number of nitrogens with one attached hydrogen (secondary N) is 3. The number of hydrogen-bond acceptors (Lipinski definition) is 5. The van der Waals surface area contributed by atoms with Crippen molar-refractivity contribution in [3.05, 3.63) is 58.6 Å². The Balaban J connectivity index is 1.34. The maximum atomic E-state index is 14.6. The molecule has 3 amide bonds. The number of methoxy groups -OCH3 is 1. The number of hydrogen-bond donors (Lipinski definition) is 3. The number of carbonyl (C=O) groups is 2. The molecule has 0 bridgehead atoms. The Morgan fingerprint density at radius 3 is 2.69 bits per heavy atom. The van der Waals surface area contributed by atoms with Crippen LogP contribution in [0.4, 0.5) is 13.6 Å². The highest BCUT2D eigenvalue weighted by atomic mass is 32.1. The first-order valence-electron chi connectivity index (χ1n) is 10.1. The predicted molar refractivity (Wildman–Crippen MR) is 115 cm³/mol. The third kappa shape index (κ3) is 3.54. The predicted octanol–water partition coefficient (Wildman–Crippen LogP) is 3.15. The topological polar surface area (TPSA) is 92.4 Å². The van der Waals surface area contributed by atoms with Crippen LogP contribution in [0.3, 0.4) is 0 Å². The van der Waals surface area contributed by atoms with Gasteiger partial charge in [-0.15, -0.1) is 11.3 Å². The van der Waals surface area contributed by atoms with Gasteiger partial charge in [-0.2, -0.15) is 0 Å². The maximum absolute atomic E-state index is 14.6. The van der Waals surface area contributed by atoms with Crippen LogP contribution in [0.1, 0.15) is 29.9 Å². The van der Waals surface area contributed by atoms with Gasteiger partial charge in [-0.1, -0.05) is 6.07 Å². The largest absolute Gasteiger partial charge is 0.497 e. The number of fused-ring (bicyclic) bond motifs is 1. The molecule has 2 fully saturated rings. The Bertz CT molecular complexity index is 1200. The molecule has 0 unspecified atom stereocenters. The van der Waals surface area contributed by atoms with Gasteiger partial charge < -0.3 is 20.7 Å². The molecular formula is C22H20F2N4O3S. The van der Waals surface area contributed by atoms with E-state index in [4.69, 9.17) is 4.74 Å². The first-order chi connectivity index (χ1) is 15.4. The molecule has 3 aromatic rings. The van der Waals surface area contributed by atoms with Crippen LogP contribution in [0, 0.1) is 11.6 Å². The summed E-state index contributed by atoms with van der Waals surface area (Å²) in [6.07, 6.45) is 1.51. The third-order valence-corrected chi connectivity index (χ3v) is 6.91. The van der Waals surface area contributed by atoms with E-state index in [9.17, 15) is 18.4 Å². The molecule has 166 valence electrons. The van der Waals surface area contributed by atoms with Crippen LogP contribution in [-0.4, -0.2) is 36.6 Å². The van der Waals surface area contributed by atoms with Gasteiger partial charge in [-0.05, 0) is 30.5 Å². The molecule has 1 saturated heterocycles. The Morgan fingerprint density at radius 1 is 1.25 bits per heavy atom. The molecule has 1 aromatic heterocycles. The highest BCUT2D eigenvalue weighted by Crippen LogP contribution is 2.46. The number of halogens is 2. The van der Waals surface area contributed by atoms with E-state index >= 15 is 0 Å². The molecule has 1 saturated carbocycles. The van der Waals surface area contributed by atoms with E-state index in [1.807, 2.05) is 18.2 Å². The van der Waals surface area contributed by atoms with Crippen LogP contribution in [0.2, 0.25) is 0 Å². The second-order valence-corrected chi connectivity index (χ2v) is 8.94. The average Bonchev–Trinajstić information content (AvgIpc) is 3.24. The molecule has 2 atom stereocenters. The molecule has 2 heterocycles. The van der Waals surface area contributed by atoms with Gasteiger partial charge in [0, 0.05) is 30.2 Å². The van der Waals surface area contributed by atoms with Crippen molar-refractivity contribution in [2.75, 3.05) is 13.7 Å². The lowest BCUT2D eigenvalue weighted by Gasteiger charge is -2.23. The zero-order chi connectivity index (χ0) is 22.5. The van der Waals surface area contributed by atoms with Crippen molar-refractivity contribution < 1.29 is 23.1 Å². The fraction of sp³-hybridized carbons (Fsp3) is 0.318. The number of amides is 3. The molecule has 3 N–H and O–H groups in total. The van der Waals surface area contributed by atoms with Crippen molar-refractivity contribution in [1.82, 2.24) is 20.9 Å². The molecule has 1 aliphatic carbocycles. The molecule has 1 aliphatic heterocycles. The fourth-order valence-electron chi connectivity index (χ4n) is 4.25. The zero-order valence-corrected chi connectivity index (χ0v) is 17.9. The Morgan fingerprint density at radius 2 is 2.00 bits per heavy atom. The number of urea groups is 1. The minimum absolute atomic E-state index is 0.0110. The molecule has 5 rings (SSSR count). The number of nitrogens with zero attached hydrogens (tertiary/aromatic N) is 1. The Hall–Kier alpha value is -3.27. The lowest BCUT2D eigenvalue weighted by molar-refractivity contribution is -0.120. The van der Waals surface area contributed by atoms with E-state index < -0.39 is 41.1 Å². The number of benzene rings is 2. The summed E-state index contributed by atoms with van der Waals surface area (Å²) in [5, 5.41) is 8.16. The summed E-state index contributed by atoms with van der Waals surface area (Å²) in [6, 6.07) is 6.31. The van der Waals surface area contributed by atoms with Crippen LogP contribution >= 0.6 is 11.3 Å². The summed E-state index contributed by atoms with van der Waals surface area (Å²) >= 11 is 1.52. The molecule has 7 nitrogen and oxygen atoms in total. The maximum Gasteiger partial charge on any atom is 0.316 e. The second kappa shape index (κ2) is 7.70. The number of rotatable bonds is 5. The zero-order valence-electron chi connectivity index (χ0n) is 17.1. The van der Waals surface area contributed by atoms with E-state index in [0.29, 0.717) is 0 Å². The first kappa shape index (κ1) is 20.6. The van der Waals surface area contributed by atoms with E-state index in [1.165, 1.54) is 18.4 Å². The highest BCUT2D eigenvalue weighted by molar-refractivity contribution is 7.16. The molecule has 10 heteroatoms. The van der Waals surface area contributed by atoms with Gasteiger partial charge in [0.15, 0.2) is 0 Å². The summed E-state index contributed by atoms with van der Waals surface area (Å²) in [5.41, 5.74) is 2.84. The van der Waals surface area contributed by atoms with Gasteiger partial charge in [-0.25, -0.2) is 18.6 Å². The quantitative estimate of drug-likeness (QED) is 0.548. The molecule has 2 aromatic carbocycles. The SMILES string of the molecule is COc1cc(F)c([C@@H]2CNC(=O)[C@H]2NC(=O)NC2(c3ccc4ncsc4c3)CC2)c(F)c1. The third-order valence-electron chi connectivity index (χ3n) is 6.11. The van der Waals surface area contributed by atoms with Crippen molar-refractivity contribution in [3.63, 3.8) is 0 Å². The van der Waals surface area contributed by atoms with Crippen LogP contribution in [0.25, 0.3) is 10.2 Å². The number of thiazole rings is 1. The van der Waals surface area contributed by atoms with Gasteiger partial charge in [0.2, 0.25) is 5.91 Å². The standard InChI is InChI=1S/C22H20F2N4O3S/c1-31-12-7-14(23)18(15(24)8-12)13-9-25-20(29)19(13)27-21(30)28-22(4-5-22)11-2-3-16-17(6-11)32-10-26-16/h2-3,6-8,10,13,19H,4-5,9H2,1H3,(H,25,29)(H2,27,28,30)/t13-,19-/m0/s1. The molecule has 0 radical (unpaired) electrons. The van der Waals surface area contributed by atoms with Crippen LogP contribution in [0.5, 0.6) is 5.75 Å². The van der Waals surface area contributed by atoms with Gasteiger partial charge in [0.25, 0.3) is 0 Å². The van der Waals surface area contributed by atoms with Gasteiger partial charge in [0.1, 0.15) is 23.4 Å². The summed E-state index contributed by atoms with van der Waals surface area (Å²) in [7, 11) is 1.31. The lowest BCUT2D eigenvalue weighted by atomic mass is 9.92. The highest BCUT2D eigenvalue weighted by Gasteiger charge is 2.47. The number of aromatic nitrogens is 1. The number of ether oxygens (including phenoxy) is 1. The average molecular weight is 458 g/mol. The van der Waals surface area contributed by atoms with E-state index in [2.05, 4.69) is 20.9 Å². The second-order valence-electron chi connectivity index (χ2n) is 8.05. The minimum atomic E-state index is -1.10. The summed E-state index contributed by atoms with van der Waals surface area (Å²) in [6.45, 7) is 0.0110. The van der Waals surface area contributed by atoms with E-state index in [-0.39, 0.29) is 17.9 Å². The summed E-state index contributed by atoms with van der Waals surface area (Å²) in [5.74, 6) is -2.99. The van der Waals surface area contributed by atoms with Crippen molar-refractivity contribution in [1.29, 1.82) is 0 Å². The van der Waals surface area contributed by atoms with Crippen molar-refractivity contribution >= 4 is 33.5 Å². The molecule has 2 aliphatic rings. The van der Waals surface area contributed by atoms with Gasteiger partial charge in [-0.3, -0.25) is 4.79 Å². The van der Waals surface area contributed by atoms with E-state index in [0.717, 1.165) is 40.8 Å². The fourth-order valence-corrected chi connectivity index (χ4v) is 4.96. The Labute approximate surface area is 186 Å². The van der Waals surface area contributed by atoms with Crippen LogP contribution in [-0.2, 0) is 10.3 Å². The molecule has 0 spiro atoms. The molecular weight excluding hydrogens is 438 g/mol.